The minimum atomic E-state index is -0.490. The van der Waals surface area contributed by atoms with Crippen molar-refractivity contribution in [3.63, 3.8) is 0 Å². The zero-order valence-corrected chi connectivity index (χ0v) is 11.3. The summed E-state index contributed by atoms with van der Waals surface area (Å²) in [4.78, 5) is 11.8. The summed E-state index contributed by atoms with van der Waals surface area (Å²) in [6.45, 7) is 6.30. The number of carbonyl (C=O) groups is 1. The van der Waals surface area contributed by atoms with Gasteiger partial charge in [-0.1, -0.05) is 13.8 Å². The van der Waals surface area contributed by atoms with Gasteiger partial charge in [0.15, 0.2) is 0 Å². The van der Waals surface area contributed by atoms with E-state index in [0.717, 1.165) is 6.07 Å². The molecule has 0 spiro atoms. The molecular weight excluding hydrogens is 245 g/mol. The van der Waals surface area contributed by atoms with Crippen LogP contribution in [0, 0.1) is 23.1 Å². The summed E-state index contributed by atoms with van der Waals surface area (Å²) < 4.78 is 13.0. The highest BCUT2D eigenvalue weighted by Gasteiger charge is 2.14. The van der Waals surface area contributed by atoms with Crippen molar-refractivity contribution in [2.24, 2.45) is 5.92 Å². The average molecular weight is 263 g/mol. The Labute approximate surface area is 112 Å². The molecule has 0 radical (unpaired) electrons. The first kappa shape index (κ1) is 15.0. The Bertz CT molecular complexity index is 494. The molecule has 0 bridgehead atoms. The molecule has 1 aromatic rings. The standard InChI is InChI=1S/C14H18FN3O/c1-9(2)8-17-14(19)10(3)18-13-5-4-12(15)6-11(13)7-16/h4-6,9-10,18H,8H2,1-3H3,(H,17,19). The molecule has 0 aromatic heterocycles. The normalized spacial score (nSPS) is 11.8. The Morgan fingerprint density at radius 1 is 1.42 bits per heavy atom. The van der Waals surface area contributed by atoms with E-state index in [1.807, 2.05) is 19.9 Å². The van der Waals surface area contributed by atoms with Crippen LogP contribution in [0.5, 0.6) is 0 Å². The number of nitrogens with one attached hydrogen (secondary N) is 2. The van der Waals surface area contributed by atoms with Gasteiger partial charge >= 0.3 is 0 Å². The van der Waals surface area contributed by atoms with Crippen LogP contribution in [0.3, 0.4) is 0 Å². The molecule has 5 heteroatoms. The number of anilines is 1. The minimum absolute atomic E-state index is 0.151. The van der Waals surface area contributed by atoms with Crippen LogP contribution in [0.15, 0.2) is 18.2 Å². The lowest BCUT2D eigenvalue weighted by Crippen LogP contribution is -2.39. The molecular formula is C14H18FN3O. The second kappa shape index (κ2) is 6.74. The smallest absolute Gasteiger partial charge is 0.242 e. The van der Waals surface area contributed by atoms with Gasteiger partial charge in [0.1, 0.15) is 17.9 Å². The summed E-state index contributed by atoms with van der Waals surface area (Å²) in [7, 11) is 0. The van der Waals surface area contributed by atoms with Crippen molar-refractivity contribution < 1.29 is 9.18 Å². The van der Waals surface area contributed by atoms with Gasteiger partial charge in [0, 0.05) is 6.54 Å². The van der Waals surface area contributed by atoms with Gasteiger partial charge in [-0.25, -0.2) is 4.39 Å². The van der Waals surface area contributed by atoms with E-state index >= 15 is 0 Å². The number of nitrogens with zero attached hydrogens (tertiary/aromatic N) is 1. The largest absolute Gasteiger partial charge is 0.373 e. The third-order valence-corrected chi connectivity index (χ3v) is 2.55. The summed E-state index contributed by atoms with van der Waals surface area (Å²) in [6.07, 6.45) is 0. The number of rotatable bonds is 5. The molecule has 0 fully saturated rings. The number of carbonyl (C=O) groups excluding carboxylic acids is 1. The quantitative estimate of drug-likeness (QED) is 0.856. The summed E-state index contributed by atoms with van der Waals surface area (Å²) in [5, 5.41) is 14.6. The highest BCUT2D eigenvalue weighted by Crippen LogP contribution is 2.16. The third-order valence-electron chi connectivity index (χ3n) is 2.55. The molecule has 1 amide bonds. The lowest BCUT2D eigenvalue weighted by Gasteiger charge is -2.17. The second-order valence-electron chi connectivity index (χ2n) is 4.81. The molecule has 1 atom stereocenters. The summed E-state index contributed by atoms with van der Waals surface area (Å²) in [6, 6.07) is 5.26. The maximum absolute atomic E-state index is 13.0. The first-order valence-corrected chi connectivity index (χ1v) is 6.18. The maximum atomic E-state index is 13.0. The Kier molecular flexibility index (Phi) is 5.31. The summed E-state index contributed by atoms with van der Waals surface area (Å²) >= 11 is 0. The predicted molar refractivity (Wildman–Crippen MR) is 72.0 cm³/mol. The molecule has 4 nitrogen and oxygen atoms in total. The van der Waals surface area contributed by atoms with Crippen molar-refractivity contribution in [2.45, 2.75) is 26.8 Å². The van der Waals surface area contributed by atoms with Gasteiger partial charge in [-0.05, 0) is 31.0 Å². The van der Waals surface area contributed by atoms with Gasteiger partial charge in [0.2, 0.25) is 5.91 Å². The van der Waals surface area contributed by atoms with Crippen LogP contribution in [0.2, 0.25) is 0 Å². The SMILES string of the molecule is CC(C)CNC(=O)C(C)Nc1ccc(F)cc1C#N. The van der Waals surface area contributed by atoms with Crippen LogP contribution in [-0.4, -0.2) is 18.5 Å². The Morgan fingerprint density at radius 2 is 2.11 bits per heavy atom. The number of hydrogen-bond acceptors (Lipinski definition) is 3. The van der Waals surface area contributed by atoms with E-state index in [9.17, 15) is 9.18 Å². The van der Waals surface area contributed by atoms with E-state index in [4.69, 9.17) is 5.26 Å². The molecule has 0 aliphatic heterocycles. The van der Waals surface area contributed by atoms with Gasteiger partial charge in [-0.2, -0.15) is 5.26 Å². The van der Waals surface area contributed by atoms with E-state index in [0.29, 0.717) is 18.2 Å². The van der Waals surface area contributed by atoms with Crippen molar-refractivity contribution >= 4 is 11.6 Å². The number of nitriles is 1. The van der Waals surface area contributed by atoms with Crippen molar-refractivity contribution in [1.29, 1.82) is 5.26 Å². The molecule has 0 saturated heterocycles. The van der Waals surface area contributed by atoms with Gasteiger partial charge < -0.3 is 10.6 Å². The highest BCUT2D eigenvalue weighted by molar-refractivity contribution is 5.84. The van der Waals surface area contributed by atoms with Gasteiger partial charge in [0.25, 0.3) is 0 Å². The molecule has 0 aliphatic carbocycles. The molecule has 0 aliphatic rings. The molecule has 0 heterocycles. The Hall–Kier alpha value is -2.09. The Balaban J connectivity index is 2.69. The second-order valence-corrected chi connectivity index (χ2v) is 4.81. The topological polar surface area (TPSA) is 64.9 Å². The van der Waals surface area contributed by atoms with Crippen LogP contribution in [0.4, 0.5) is 10.1 Å². The average Bonchev–Trinajstić information content (AvgIpc) is 2.37. The first-order valence-electron chi connectivity index (χ1n) is 6.18. The molecule has 0 saturated carbocycles. The fraction of sp³-hybridized carbons (Fsp3) is 0.429. The van der Waals surface area contributed by atoms with Crippen LogP contribution in [-0.2, 0) is 4.79 Å². The summed E-state index contributed by atoms with van der Waals surface area (Å²) in [5.41, 5.74) is 0.639. The number of amides is 1. The maximum Gasteiger partial charge on any atom is 0.242 e. The number of halogens is 1. The molecule has 2 N–H and O–H groups in total. The van der Waals surface area contributed by atoms with Crippen molar-refractivity contribution in [3.05, 3.63) is 29.6 Å². The third kappa shape index (κ3) is 4.59. The van der Waals surface area contributed by atoms with Crippen molar-refractivity contribution in [3.8, 4) is 6.07 Å². The highest BCUT2D eigenvalue weighted by atomic mass is 19.1. The van der Waals surface area contributed by atoms with Crippen LogP contribution in [0.25, 0.3) is 0 Å². The fourth-order valence-corrected chi connectivity index (χ4v) is 1.49. The van der Waals surface area contributed by atoms with E-state index in [1.165, 1.54) is 12.1 Å². The Morgan fingerprint density at radius 3 is 2.68 bits per heavy atom. The zero-order chi connectivity index (χ0) is 14.4. The lowest BCUT2D eigenvalue weighted by molar-refractivity contribution is -0.121. The number of benzene rings is 1. The molecule has 19 heavy (non-hydrogen) atoms. The summed E-state index contributed by atoms with van der Waals surface area (Å²) in [5.74, 6) is -0.252. The predicted octanol–water partition coefficient (Wildman–Crippen LogP) is 2.27. The van der Waals surface area contributed by atoms with Gasteiger partial charge in [-0.3, -0.25) is 4.79 Å². The lowest BCUT2D eigenvalue weighted by atomic mass is 10.1. The molecule has 102 valence electrons. The molecule has 1 aromatic carbocycles. The van der Waals surface area contributed by atoms with Crippen LogP contribution in [0.1, 0.15) is 26.3 Å². The van der Waals surface area contributed by atoms with Crippen molar-refractivity contribution in [2.75, 3.05) is 11.9 Å². The first-order chi connectivity index (χ1) is 8.93. The molecule has 1 rings (SSSR count). The monoisotopic (exact) mass is 263 g/mol. The van der Waals surface area contributed by atoms with Crippen LogP contribution < -0.4 is 10.6 Å². The fourth-order valence-electron chi connectivity index (χ4n) is 1.49. The van der Waals surface area contributed by atoms with E-state index < -0.39 is 11.9 Å². The van der Waals surface area contributed by atoms with Crippen molar-refractivity contribution in [1.82, 2.24) is 5.32 Å². The zero-order valence-electron chi connectivity index (χ0n) is 11.3. The van der Waals surface area contributed by atoms with Crippen LogP contribution >= 0.6 is 0 Å². The minimum Gasteiger partial charge on any atom is -0.373 e. The van der Waals surface area contributed by atoms with E-state index in [-0.39, 0.29) is 11.5 Å². The van der Waals surface area contributed by atoms with Gasteiger partial charge in [-0.15, -0.1) is 0 Å². The van der Waals surface area contributed by atoms with E-state index in [2.05, 4.69) is 10.6 Å². The van der Waals surface area contributed by atoms with Gasteiger partial charge in [0.05, 0.1) is 11.3 Å². The van der Waals surface area contributed by atoms with E-state index in [1.54, 1.807) is 6.92 Å². The molecule has 1 unspecified atom stereocenters. The number of hydrogen-bond donors (Lipinski definition) is 2.